The fraction of sp³-hybridized carbons (Fsp3) is 0.0769. The van der Waals surface area contributed by atoms with Gasteiger partial charge in [-0.1, -0.05) is 18.2 Å². The molecule has 0 saturated carbocycles. The second kappa shape index (κ2) is 4.75. The quantitative estimate of drug-likeness (QED) is 0.761. The molecule has 1 aromatic carbocycles. The van der Waals surface area contributed by atoms with Crippen LogP contribution in [0.4, 0.5) is 5.95 Å². The second-order valence-corrected chi connectivity index (χ2v) is 3.79. The molecule has 0 aliphatic heterocycles. The Kier molecular flexibility index (Phi) is 2.79. The minimum absolute atomic E-state index is 0.582. The summed E-state index contributed by atoms with van der Waals surface area (Å²) in [4.78, 5) is 0. The zero-order chi connectivity index (χ0) is 12.2. The van der Waals surface area contributed by atoms with Gasteiger partial charge in [0.05, 0.1) is 18.5 Å². The topological polar surface area (TPSA) is 55.9 Å². The van der Waals surface area contributed by atoms with Crippen molar-refractivity contribution >= 4 is 5.95 Å². The Morgan fingerprint density at radius 2 is 2.00 bits per heavy atom. The lowest BCUT2D eigenvalue weighted by Gasteiger charge is -2.07. The predicted molar refractivity (Wildman–Crippen MR) is 67.4 cm³/mol. The Balaban J connectivity index is 1.80. The van der Waals surface area contributed by atoms with Crippen molar-refractivity contribution in [3.63, 3.8) is 0 Å². The number of aromatic nitrogens is 3. The van der Waals surface area contributed by atoms with Crippen molar-refractivity contribution in [3.8, 4) is 5.69 Å². The Morgan fingerprint density at radius 3 is 2.78 bits per heavy atom. The smallest absolute Gasteiger partial charge is 0.229 e. The number of nitrogens with zero attached hydrogens (tertiary/aromatic N) is 3. The number of furan rings is 1. The van der Waals surface area contributed by atoms with E-state index in [-0.39, 0.29) is 0 Å². The minimum Gasteiger partial charge on any atom is -0.467 e. The number of para-hydroxylation sites is 1. The first-order chi connectivity index (χ1) is 8.93. The van der Waals surface area contributed by atoms with Crippen LogP contribution in [0.3, 0.4) is 0 Å². The van der Waals surface area contributed by atoms with Gasteiger partial charge in [0.15, 0.2) is 0 Å². The summed E-state index contributed by atoms with van der Waals surface area (Å²) in [5.41, 5.74) is 1.02. The fourth-order valence-electron chi connectivity index (χ4n) is 1.71. The van der Waals surface area contributed by atoms with Crippen LogP contribution in [0.25, 0.3) is 5.69 Å². The lowest BCUT2D eigenvalue weighted by Crippen LogP contribution is -2.05. The number of hydrogen-bond acceptors (Lipinski definition) is 4. The van der Waals surface area contributed by atoms with Crippen LogP contribution < -0.4 is 5.32 Å². The molecule has 0 bridgehead atoms. The molecule has 0 fully saturated rings. The number of anilines is 1. The van der Waals surface area contributed by atoms with E-state index in [0.717, 1.165) is 11.4 Å². The summed E-state index contributed by atoms with van der Waals surface area (Å²) < 4.78 is 7.15. The molecule has 0 saturated heterocycles. The summed E-state index contributed by atoms with van der Waals surface area (Å²) in [6, 6.07) is 13.7. The van der Waals surface area contributed by atoms with E-state index in [1.54, 1.807) is 12.6 Å². The average Bonchev–Trinajstić information content (AvgIpc) is 3.09. The van der Waals surface area contributed by atoms with Crippen molar-refractivity contribution < 1.29 is 4.42 Å². The third kappa shape index (κ3) is 2.10. The summed E-state index contributed by atoms with van der Waals surface area (Å²) in [5, 5.41) is 11.2. The molecule has 90 valence electrons. The maximum atomic E-state index is 5.26. The van der Waals surface area contributed by atoms with Gasteiger partial charge in [-0.05, 0) is 24.3 Å². The van der Waals surface area contributed by atoms with E-state index in [4.69, 9.17) is 4.42 Å². The standard InChI is InChI=1S/C13H12N4O/c1-2-5-11(6-3-1)17-10-15-16-13(17)14-9-12-7-4-8-18-12/h1-8,10H,9H2,(H,14,16). The molecular weight excluding hydrogens is 228 g/mol. The van der Waals surface area contributed by atoms with Crippen molar-refractivity contribution in [2.45, 2.75) is 6.54 Å². The first-order valence-corrected chi connectivity index (χ1v) is 5.65. The summed E-state index contributed by atoms with van der Waals surface area (Å²) in [6.45, 7) is 0.582. The van der Waals surface area contributed by atoms with E-state index < -0.39 is 0 Å². The van der Waals surface area contributed by atoms with E-state index in [1.165, 1.54) is 0 Å². The first kappa shape index (κ1) is 10.6. The molecule has 18 heavy (non-hydrogen) atoms. The highest BCUT2D eigenvalue weighted by molar-refractivity contribution is 5.40. The van der Waals surface area contributed by atoms with Crippen LogP contribution in [0, 0.1) is 0 Å². The van der Waals surface area contributed by atoms with E-state index in [0.29, 0.717) is 12.5 Å². The molecule has 3 rings (SSSR count). The Hall–Kier alpha value is -2.56. The number of hydrogen-bond donors (Lipinski definition) is 1. The minimum atomic E-state index is 0.582. The van der Waals surface area contributed by atoms with Crippen molar-refractivity contribution in [1.29, 1.82) is 0 Å². The zero-order valence-corrected chi connectivity index (χ0v) is 9.65. The van der Waals surface area contributed by atoms with Crippen molar-refractivity contribution in [3.05, 3.63) is 60.8 Å². The van der Waals surface area contributed by atoms with Gasteiger partial charge in [-0.3, -0.25) is 4.57 Å². The summed E-state index contributed by atoms with van der Waals surface area (Å²) in [5.74, 6) is 1.55. The normalized spacial score (nSPS) is 10.4. The third-order valence-electron chi connectivity index (χ3n) is 2.58. The van der Waals surface area contributed by atoms with E-state index in [2.05, 4.69) is 15.5 Å². The molecule has 0 amide bonds. The van der Waals surface area contributed by atoms with Gasteiger partial charge < -0.3 is 9.73 Å². The molecule has 0 radical (unpaired) electrons. The molecule has 0 aliphatic carbocycles. The highest BCUT2D eigenvalue weighted by Crippen LogP contribution is 2.13. The van der Waals surface area contributed by atoms with Crippen LogP contribution in [0.15, 0.2) is 59.5 Å². The maximum absolute atomic E-state index is 5.26. The molecule has 0 unspecified atom stereocenters. The van der Waals surface area contributed by atoms with Crippen molar-refractivity contribution in [2.24, 2.45) is 0 Å². The summed E-state index contributed by atoms with van der Waals surface area (Å²) in [7, 11) is 0. The number of rotatable bonds is 4. The van der Waals surface area contributed by atoms with E-state index >= 15 is 0 Å². The lowest BCUT2D eigenvalue weighted by atomic mass is 10.3. The molecule has 0 aliphatic rings. The second-order valence-electron chi connectivity index (χ2n) is 3.79. The number of benzene rings is 1. The zero-order valence-electron chi connectivity index (χ0n) is 9.65. The summed E-state index contributed by atoms with van der Waals surface area (Å²) in [6.07, 6.45) is 3.33. The van der Waals surface area contributed by atoms with Crippen molar-refractivity contribution in [2.75, 3.05) is 5.32 Å². The van der Waals surface area contributed by atoms with E-state index in [9.17, 15) is 0 Å². The molecule has 5 heteroatoms. The Bertz CT molecular complexity index is 601. The molecule has 5 nitrogen and oxygen atoms in total. The Morgan fingerprint density at radius 1 is 1.11 bits per heavy atom. The van der Waals surface area contributed by atoms with Gasteiger partial charge >= 0.3 is 0 Å². The van der Waals surface area contributed by atoms with Gasteiger partial charge in [-0.25, -0.2) is 0 Å². The molecule has 0 atom stereocenters. The lowest BCUT2D eigenvalue weighted by molar-refractivity contribution is 0.517. The molecule has 0 spiro atoms. The molecule has 2 aromatic heterocycles. The maximum Gasteiger partial charge on any atom is 0.229 e. The van der Waals surface area contributed by atoms with Gasteiger partial charge in [-0.15, -0.1) is 10.2 Å². The average molecular weight is 240 g/mol. The van der Waals surface area contributed by atoms with Crippen LogP contribution in [0.1, 0.15) is 5.76 Å². The third-order valence-corrected chi connectivity index (χ3v) is 2.58. The van der Waals surface area contributed by atoms with Crippen LogP contribution in [0.2, 0.25) is 0 Å². The van der Waals surface area contributed by atoms with Crippen LogP contribution in [-0.4, -0.2) is 14.8 Å². The van der Waals surface area contributed by atoms with Crippen LogP contribution in [0.5, 0.6) is 0 Å². The fourth-order valence-corrected chi connectivity index (χ4v) is 1.71. The van der Waals surface area contributed by atoms with Crippen LogP contribution in [-0.2, 0) is 6.54 Å². The highest BCUT2D eigenvalue weighted by atomic mass is 16.3. The highest BCUT2D eigenvalue weighted by Gasteiger charge is 2.05. The van der Waals surface area contributed by atoms with Crippen molar-refractivity contribution in [1.82, 2.24) is 14.8 Å². The SMILES string of the molecule is c1ccc(-n2cnnc2NCc2ccco2)cc1. The van der Waals surface area contributed by atoms with Gasteiger partial charge in [0.1, 0.15) is 12.1 Å². The predicted octanol–water partition coefficient (Wildman–Crippen LogP) is 2.47. The largest absolute Gasteiger partial charge is 0.467 e. The Labute approximate surface area is 104 Å². The molecule has 1 N–H and O–H groups in total. The van der Waals surface area contributed by atoms with Gasteiger partial charge in [0, 0.05) is 0 Å². The molecule has 3 aromatic rings. The van der Waals surface area contributed by atoms with E-state index in [1.807, 2.05) is 47.0 Å². The molecular formula is C13H12N4O. The first-order valence-electron chi connectivity index (χ1n) is 5.65. The number of nitrogens with one attached hydrogen (secondary N) is 1. The summed E-state index contributed by atoms with van der Waals surface area (Å²) >= 11 is 0. The van der Waals surface area contributed by atoms with Gasteiger partial charge in [-0.2, -0.15) is 0 Å². The van der Waals surface area contributed by atoms with Crippen LogP contribution >= 0.6 is 0 Å². The monoisotopic (exact) mass is 240 g/mol. The van der Waals surface area contributed by atoms with Gasteiger partial charge in [0.2, 0.25) is 5.95 Å². The molecule has 2 heterocycles. The van der Waals surface area contributed by atoms with Gasteiger partial charge in [0.25, 0.3) is 0 Å².